The van der Waals surface area contributed by atoms with E-state index in [4.69, 9.17) is 10.9 Å². The monoisotopic (exact) mass is 390 g/mol. The molecule has 25 heavy (non-hydrogen) atoms. The molecule has 1 aliphatic rings. The van der Waals surface area contributed by atoms with Gasteiger partial charge in [-0.1, -0.05) is 6.07 Å². The van der Waals surface area contributed by atoms with E-state index in [0.717, 1.165) is 0 Å². The molecule has 1 aromatic carbocycles. The van der Waals surface area contributed by atoms with Crippen molar-refractivity contribution in [1.82, 2.24) is 5.32 Å². The highest BCUT2D eigenvalue weighted by molar-refractivity contribution is 7.89. The largest absolute Gasteiger partial charge is 0.356 e. The van der Waals surface area contributed by atoms with Crippen molar-refractivity contribution >= 4 is 39.9 Å². The number of benzene rings is 1. The molecule has 10 heteroatoms. The molecule has 2 rings (SSSR count). The quantitative estimate of drug-likeness (QED) is 0.626. The van der Waals surface area contributed by atoms with Crippen molar-refractivity contribution < 1.29 is 18.0 Å². The lowest BCUT2D eigenvalue weighted by Crippen LogP contribution is -2.35. The van der Waals surface area contributed by atoms with Crippen molar-refractivity contribution in [3.05, 3.63) is 24.3 Å². The Morgan fingerprint density at radius 3 is 2.72 bits per heavy atom. The van der Waals surface area contributed by atoms with E-state index in [1.807, 2.05) is 6.92 Å². The van der Waals surface area contributed by atoms with Crippen LogP contribution >= 0.6 is 12.4 Å². The lowest BCUT2D eigenvalue weighted by atomic mass is 10.1. The van der Waals surface area contributed by atoms with Crippen molar-refractivity contribution in [2.45, 2.75) is 30.7 Å². The van der Waals surface area contributed by atoms with Gasteiger partial charge in [-0.15, -0.1) is 12.4 Å². The summed E-state index contributed by atoms with van der Waals surface area (Å²) in [5.41, 5.74) is 6.04. The summed E-state index contributed by atoms with van der Waals surface area (Å²) in [4.78, 5) is 25.6. The summed E-state index contributed by atoms with van der Waals surface area (Å²) in [5, 5.41) is 7.88. The number of anilines is 1. The number of hydrogen-bond acceptors (Lipinski definition) is 5. The average Bonchev–Trinajstić information content (AvgIpc) is 2.88. The van der Waals surface area contributed by atoms with E-state index in [2.05, 4.69) is 5.32 Å². The van der Waals surface area contributed by atoms with E-state index < -0.39 is 15.9 Å². The Hall–Kier alpha value is -1.68. The van der Waals surface area contributed by atoms with Gasteiger partial charge in [-0.2, -0.15) is 0 Å². The summed E-state index contributed by atoms with van der Waals surface area (Å²) in [6, 6.07) is 5.82. The zero-order valence-corrected chi connectivity index (χ0v) is 15.5. The van der Waals surface area contributed by atoms with E-state index in [-0.39, 0.29) is 48.1 Å². The molecular weight excluding hydrogens is 368 g/mol. The van der Waals surface area contributed by atoms with Crippen LogP contribution in [0.5, 0.6) is 0 Å². The molecule has 1 heterocycles. The van der Waals surface area contributed by atoms with Crippen molar-refractivity contribution in [3.63, 3.8) is 0 Å². The predicted octanol–water partition coefficient (Wildman–Crippen LogP) is -0.0378. The molecule has 2 amide bonds. The number of rotatable bonds is 6. The highest BCUT2D eigenvalue weighted by Gasteiger charge is 2.35. The highest BCUT2D eigenvalue weighted by atomic mass is 35.5. The Bertz CT molecular complexity index is 739. The number of carbonyl (C=O) groups is 2. The number of halogens is 1. The summed E-state index contributed by atoms with van der Waals surface area (Å²) in [5.74, 6) is -0.897. The highest BCUT2D eigenvalue weighted by Crippen LogP contribution is 2.26. The summed E-state index contributed by atoms with van der Waals surface area (Å²) in [7, 11) is -3.85. The molecular formula is C15H23ClN4O4S. The molecule has 8 nitrogen and oxygen atoms in total. The minimum atomic E-state index is -3.85. The number of sulfonamides is 1. The number of nitrogens with one attached hydrogen (secondary N) is 1. The lowest BCUT2D eigenvalue weighted by molar-refractivity contribution is -0.126. The second-order valence-electron chi connectivity index (χ2n) is 6.00. The van der Waals surface area contributed by atoms with Crippen LogP contribution in [0, 0.1) is 5.92 Å². The van der Waals surface area contributed by atoms with Crippen molar-refractivity contribution in [1.29, 1.82) is 0 Å². The Labute approximate surface area is 153 Å². The summed E-state index contributed by atoms with van der Waals surface area (Å²) in [6.07, 6.45) is 0.746. The molecule has 0 spiro atoms. The normalized spacial score (nSPS) is 18.6. The standard InChI is InChI=1S/C15H22N4O4S.ClH/c1-10(16)5-6-18-15(21)11-7-14(20)19(9-11)12-3-2-4-13(8-12)24(17,22)23;/h2-4,8,10-11H,5-7,9,16H2,1H3,(H,18,21)(H2,17,22,23);1H. The maximum Gasteiger partial charge on any atom is 0.238 e. The smallest absolute Gasteiger partial charge is 0.238 e. The molecule has 0 aromatic heterocycles. The lowest BCUT2D eigenvalue weighted by Gasteiger charge is -2.17. The fourth-order valence-corrected chi connectivity index (χ4v) is 3.08. The summed E-state index contributed by atoms with van der Waals surface area (Å²) in [6.45, 7) is 2.52. The maximum absolute atomic E-state index is 12.2. The fourth-order valence-electron chi connectivity index (χ4n) is 2.53. The SMILES string of the molecule is CC(N)CCNC(=O)C1CC(=O)N(c2cccc(S(N)(=O)=O)c2)C1.Cl. The first-order chi connectivity index (χ1) is 11.2. The van der Waals surface area contributed by atoms with Crippen LogP contribution in [0.2, 0.25) is 0 Å². The minimum absolute atomic E-state index is 0. The molecule has 2 unspecified atom stereocenters. The van der Waals surface area contributed by atoms with Crippen LogP contribution in [-0.4, -0.2) is 39.4 Å². The number of carbonyl (C=O) groups excluding carboxylic acids is 2. The van der Waals surface area contributed by atoms with Crippen molar-refractivity contribution in [2.75, 3.05) is 18.0 Å². The first-order valence-electron chi connectivity index (χ1n) is 7.65. The van der Waals surface area contributed by atoms with E-state index in [9.17, 15) is 18.0 Å². The van der Waals surface area contributed by atoms with E-state index in [0.29, 0.717) is 18.7 Å². The Balaban J connectivity index is 0.00000312. The molecule has 1 fully saturated rings. The van der Waals surface area contributed by atoms with Gasteiger partial charge in [-0.05, 0) is 31.5 Å². The molecule has 5 N–H and O–H groups in total. The maximum atomic E-state index is 12.2. The molecule has 1 aliphatic heterocycles. The third-order valence-corrected chi connectivity index (χ3v) is 4.76. The molecule has 1 aromatic rings. The average molecular weight is 391 g/mol. The van der Waals surface area contributed by atoms with Gasteiger partial charge in [0.15, 0.2) is 0 Å². The predicted molar refractivity (Wildman–Crippen MR) is 96.8 cm³/mol. The van der Waals surface area contributed by atoms with Crippen LogP contribution in [0.4, 0.5) is 5.69 Å². The molecule has 0 saturated carbocycles. The fraction of sp³-hybridized carbons (Fsp3) is 0.467. The zero-order chi connectivity index (χ0) is 17.9. The Morgan fingerprint density at radius 1 is 1.44 bits per heavy atom. The first-order valence-corrected chi connectivity index (χ1v) is 9.19. The van der Waals surface area contributed by atoms with Crippen LogP contribution in [0.1, 0.15) is 19.8 Å². The molecule has 0 radical (unpaired) electrons. The van der Waals surface area contributed by atoms with Gasteiger partial charge >= 0.3 is 0 Å². The van der Waals surface area contributed by atoms with E-state index in [1.54, 1.807) is 6.07 Å². The van der Waals surface area contributed by atoms with Gasteiger partial charge in [-0.25, -0.2) is 13.6 Å². The van der Waals surface area contributed by atoms with Crippen LogP contribution in [0.15, 0.2) is 29.2 Å². The van der Waals surface area contributed by atoms with Gasteiger partial charge in [0.05, 0.1) is 10.8 Å². The number of primary sulfonamides is 1. The van der Waals surface area contributed by atoms with Gasteiger partial charge in [0.2, 0.25) is 21.8 Å². The summed E-state index contributed by atoms with van der Waals surface area (Å²) < 4.78 is 22.9. The second kappa shape index (κ2) is 8.61. The van der Waals surface area contributed by atoms with Crippen LogP contribution in [-0.2, 0) is 19.6 Å². The minimum Gasteiger partial charge on any atom is -0.356 e. The van der Waals surface area contributed by atoms with E-state index >= 15 is 0 Å². The second-order valence-corrected chi connectivity index (χ2v) is 7.57. The summed E-state index contributed by atoms with van der Waals surface area (Å²) >= 11 is 0. The first kappa shape index (κ1) is 21.4. The van der Waals surface area contributed by atoms with Crippen molar-refractivity contribution in [2.24, 2.45) is 16.8 Å². The third kappa shape index (κ3) is 5.67. The van der Waals surface area contributed by atoms with Crippen LogP contribution in [0.25, 0.3) is 0 Å². The zero-order valence-electron chi connectivity index (χ0n) is 13.8. The number of amides is 2. The van der Waals surface area contributed by atoms with Gasteiger partial charge in [0.25, 0.3) is 0 Å². The number of hydrogen-bond donors (Lipinski definition) is 3. The van der Waals surface area contributed by atoms with Crippen molar-refractivity contribution in [3.8, 4) is 0 Å². The van der Waals surface area contributed by atoms with Crippen LogP contribution in [0.3, 0.4) is 0 Å². The Morgan fingerprint density at radius 2 is 2.12 bits per heavy atom. The van der Waals surface area contributed by atoms with E-state index in [1.165, 1.54) is 23.1 Å². The molecule has 0 aliphatic carbocycles. The number of nitrogens with two attached hydrogens (primary N) is 2. The molecule has 2 atom stereocenters. The van der Waals surface area contributed by atoms with Gasteiger partial charge < -0.3 is 16.0 Å². The molecule has 140 valence electrons. The number of nitrogens with zero attached hydrogens (tertiary/aromatic N) is 1. The topological polar surface area (TPSA) is 136 Å². The Kier molecular flexibility index (Phi) is 7.36. The van der Waals surface area contributed by atoms with Gasteiger partial charge in [0, 0.05) is 31.2 Å². The molecule has 1 saturated heterocycles. The van der Waals surface area contributed by atoms with Gasteiger partial charge in [-0.3, -0.25) is 9.59 Å². The van der Waals surface area contributed by atoms with Gasteiger partial charge in [0.1, 0.15) is 0 Å². The van der Waals surface area contributed by atoms with Crippen LogP contribution < -0.4 is 21.1 Å². The third-order valence-electron chi connectivity index (χ3n) is 3.85. The molecule has 0 bridgehead atoms.